The molecule has 2 aromatic rings. The Hall–Kier alpha value is -2.24. The number of benzene rings is 2. The number of halogens is 5. The summed E-state index contributed by atoms with van der Waals surface area (Å²) in [4.78, 5) is 11.8. The van der Waals surface area contributed by atoms with Crippen molar-refractivity contribution in [1.29, 1.82) is 0 Å². The van der Waals surface area contributed by atoms with Gasteiger partial charge in [-0.25, -0.2) is 22.0 Å². The minimum atomic E-state index is -1.69. The zero-order valence-electron chi connectivity index (χ0n) is 9.89. The molecule has 0 radical (unpaired) electrons. The Morgan fingerprint density at radius 1 is 0.850 bits per heavy atom. The van der Waals surface area contributed by atoms with Crippen molar-refractivity contribution in [2.24, 2.45) is 0 Å². The van der Waals surface area contributed by atoms with Crippen LogP contribution in [0, 0.1) is 29.1 Å². The van der Waals surface area contributed by atoms with Crippen LogP contribution < -0.4 is 0 Å². The first-order chi connectivity index (χ1) is 9.38. The van der Waals surface area contributed by atoms with Gasteiger partial charge in [0.1, 0.15) is 11.6 Å². The highest BCUT2D eigenvalue weighted by Gasteiger charge is 2.16. The van der Waals surface area contributed by atoms with Crippen LogP contribution in [0.15, 0.2) is 30.3 Å². The van der Waals surface area contributed by atoms with Gasteiger partial charge in [0, 0.05) is 18.1 Å². The van der Waals surface area contributed by atoms with E-state index in [0.717, 1.165) is 12.1 Å². The van der Waals surface area contributed by atoms with E-state index in [1.807, 2.05) is 0 Å². The summed E-state index contributed by atoms with van der Waals surface area (Å²) >= 11 is 0. The molecule has 0 aromatic heterocycles. The molecule has 0 unspecified atom stereocenters. The lowest BCUT2D eigenvalue weighted by atomic mass is 10.0. The number of hydrogen-bond acceptors (Lipinski definition) is 1. The summed E-state index contributed by atoms with van der Waals surface area (Å²) in [7, 11) is 0. The van der Waals surface area contributed by atoms with Crippen molar-refractivity contribution < 1.29 is 26.7 Å². The minimum absolute atomic E-state index is 0.124. The molecule has 0 N–H and O–H groups in total. The van der Waals surface area contributed by atoms with E-state index in [0.29, 0.717) is 18.2 Å². The third kappa shape index (κ3) is 2.84. The second-order valence-electron chi connectivity index (χ2n) is 4.09. The van der Waals surface area contributed by atoms with Gasteiger partial charge in [-0.2, -0.15) is 0 Å². The fraction of sp³-hybridized carbons (Fsp3) is 0.0714. The second-order valence-corrected chi connectivity index (χ2v) is 4.09. The van der Waals surface area contributed by atoms with Crippen LogP contribution in [0.2, 0.25) is 0 Å². The van der Waals surface area contributed by atoms with Crippen LogP contribution in [0.25, 0.3) is 0 Å². The van der Waals surface area contributed by atoms with Gasteiger partial charge in [-0.1, -0.05) is 6.07 Å². The van der Waals surface area contributed by atoms with Crippen LogP contribution in [0.3, 0.4) is 0 Å². The van der Waals surface area contributed by atoms with Crippen LogP contribution in [-0.4, -0.2) is 5.78 Å². The van der Waals surface area contributed by atoms with Crippen molar-refractivity contribution in [3.8, 4) is 0 Å². The molecule has 0 heterocycles. The van der Waals surface area contributed by atoms with Crippen molar-refractivity contribution in [2.75, 3.05) is 0 Å². The van der Waals surface area contributed by atoms with Crippen LogP contribution in [0.4, 0.5) is 22.0 Å². The average molecular weight is 286 g/mol. The van der Waals surface area contributed by atoms with Crippen LogP contribution in [0.1, 0.15) is 15.9 Å². The van der Waals surface area contributed by atoms with Crippen molar-refractivity contribution in [2.45, 2.75) is 6.42 Å². The van der Waals surface area contributed by atoms with Gasteiger partial charge in [0.15, 0.2) is 23.2 Å². The molecule has 104 valence electrons. The predicted octanol–water partition coefficient (Wildman–Crippen LogP) is 3.81. The Balaban J connectivity index is 2.28. The highest BCUT2D eigenvalue weighted by atomic mass is 19.2. The summed E-state index contributed by atoms with van der Waals surface area (Å²) in [5.41, 5.74) is -0.549. The van der Waals surface area contributed by atoms with Crippen molar-refractivity contribution >= 4 is 5.78 Å². The van der Waals surface area contributed by atoms with Gasteiger partial charge >= 0.3 is 0 Å². The number of carbonyl (C=O) groups is 1. The molecule has 0 saturated carbocycles. The van der Waals surface area contributed by atoms with E-state index < -0.39 is 46.9 Å². The average Bonchev–Trinajstić information content (AvgIpc) is 2.38. The Kier molecular flexibility index (Phi) is 3.83. The first kappa shape index (κ1) is 14.2. The molecule has 2 rings (SSSR count). The molecule has 20 heavy (non-hydrogen) atoms. The van der Waals surface area contributed by atoms with Crippen molar-refractivity contribution in [1.82, 2.24) is 0 Å². The topological polar surface area (TPSA) is 17.1 Å². The minimum Gasteiger partial charge on any atom is -0.294 e. The van der Waals surface area contributed by atoms with Gasteiger partial charge in [0.25, 0.3) is 0 Å². The maximum Gasteiger partial charge on any atom is 0.194 e. The molecule has 6 heteroatoms. The normalized spacial score (nSPS) is 10.7. The third-order valence-corrected chi connectivity index (χ3v) is 2.67. The summed E-state index contributed by atoms with van der Waals surface area (Å²) < 4.78 is 64.7. The molecule has 0 spiro atoms. The molecule has 0 bridgehead atoms. The summed E-state index contributed by atoms with van der Waals surface area (Å²) in [6.45, 7) is 0. The molecule has 0 fully saturated rings. The highest BCUT2D eigenvalue weighted by molar-refractivity contribution is 5.97. The summed E-state index contributed by atoms with van der Waals surface area (Å²) in [6.07, 6.45) is -0.517. The maximum atomic E-state index is 13.3. The summed E-state index contributed by atoms with van der Waals surface area (Å²) in [5.74, 6) is -7.26. The van der Waals surface area contributed by atoms with Crippen molar-refractivity contribution in [3.05, 3.63) is 70.5 Å². The lowest BCUT2D eigenvalue weighted by Gasteiger charge is -2.04. The number of carbonyl (C=O) groups excluding carboxylic acids is 1. The lowest BCUT2D eigenvalue weighted by Crippen LogP contribution is -2.07. The number of rotatable bonds is 3. The van der Waals surface area contributed by atoms with E-state index >= 15 is 0 Å². The predicted molar refractivity (Wildman–Crippen MR) is 60.7 cm³/mol. The summed E-state index contributed by atoms with van der Waals surface area (Å²) in [5, 5.41) is 0. The Labute approximate surface area is 110 Å². The Morgan fingerprint density at radius 3 is 2.00 bits per heavy atom. The van der Waals surface area contributed by atoms with E-state index in [1.54, 1.807) is 0 Å². The summed E-state index contributed by atoms with van der Waals surface area (Å²) in [6, 6.07) is 3.66. The molecular formula is C14H7F5O. The standard InChI is InChI=1S/C14H7F5O/c15-9-2-1-7(10(16)6-9)5-13(20)8-3-11(17)14(19)12(18)4-8/h1-4,6H,5H2. The van der Waals surface area contributed by atoms with Gasteiger partial charge < -0.3 is 0 Å². The molecule has 1 nitrogen and oxygen atoms in total. The smallest absolute Gasteiger partial charge is 0.194 e. The van der Waals surface area contributed by atoms with Crippen LogP contribution >= 0.6 is 0 Å². The van der Waals surface area contributed by atoms with E-state index in [9.17, 15) is 26.7 Å². The lowest BCUT2D eigenvalue weighted by molar-refractivity contribution is 0.0990. The zero-order valence-corrected chi connectivity index (χ0v) is 9.89. The molecule has 0 aliphatic rings. The van der Waals surface area contributed by atoms with Gasteiger partial charge in [-0.15, -0.1) is 0 Å². The molecular weight excluding hydrogens is 279 g/mol. The zero-order chi connectivity index (χ0) is 14.9. The van der Waals surface area contributed by atoms with Gasteiger partial charge in [-0.3, -0.25) is 4.79 Å². The maximum absolute atomic E-state index is 13.3. The molecule has 0 aliphatic heterocycles. The highest BCUT2D eigenvalue weighted by Crippen LogP contribution is 2.17. The monoisotopic (exact) mass is 286 g/mol. The Morgan fingerprint density at radius 2 is 1.45 bits per heavy atom. The number of ketones is 1. The fourth-order valence-corrected chi connectivity index (χ4v) is 1.66. The second kappa shape index (κ2) is 5.40. The van der Waals surface area contributed by atoms with E-state index in [-0.39, 0.29) is 5.56 Å². The SMILES string of the molecule is O=C(Cc1ccc(F)cc1F)c1cc(F)c(F)c(F)c1. The van der Waals surface area contributed by atoms with E-state index in [1.165, 1.54) is 0 Å². The first-order valence-corrected chi connectivity index (χ1v) is 5.50. The van der Waals surface area contributed by atoms with Crippen LogP contribution in [-0.2, 0) is 6.42 Å². The van der Waals surface area contributed by atoms with Gasteiger partial charge in [0.05, 0.1) is 0 Å². The molecule has 2 aromatic carbocycles. The quantitative estimate of drug-likeness (QED) is 0.476. The van der Waals surface area contributed by atoms with Gasteiger partial charge in [-0.05, 0) is 23.8 Å². The van der Waals surface area contributed by atoms with E-state index in [2.05, 4.69) is 0 Å². The van der Waals surface area contributed by atoms with Crippen molar-refractivity contribution in [3.63, 3.8) is 0 Å². The molecule has 0 atom stereocenters. The molecule has 0 amide bonds. The molecule has 0 aliphatic carbocycles. The number of Topliss-reactive ketones (excluding diaryl/α,β-unsaturated/α-hetero) is 1. The number of hydrogen-bond donors (Lipinski definition) is 0. The van der Waals surface area contributed by atoms with Crippen LogP contribution in [0.5, 0.6) is 0 Å². The van der Waals surface area contributed by atoms with Gasteiger partial charge in [0.2, 0.25) is 0 Å². The largest absolute Gasteiger partial charge is 0.294 e. The fourth-order valence-electron chi connectivity index (χ4n) is 1.66. The molecule has 0 saturated heterocycles. The Bertz CT molecular complexity index is 658. The first-order valence-electron chi connectivity index (χ1n) is 5.50. The third-order valence-electron chi connectivity index (χ3n) is 2.67. The van der Waals surface area contributed by atoms with E-state index in [4.69, 9.17) is 0 Å².